The van der Waals surface area contributed by atoms with Crippen LogP contribution in [-0.4, -0.2) is 56.1 Å². The van der Waals surface area contributed by atoms with Crippen LogP contribution in [-0.2, 0) is 0 Å². The fourth-order valence-corrected chi connectivity index (χ4v) is 2.96. The number of nitrogens with zero attached hydrogens (tertiary/aromatic N) is 4. The first-order valence-electron chi connectivity index (χ1n) is 9.00. The predicted octanol–water partition coefficient (Wildman–Crippen LogP) is 1.98. The number of nitrogens with one attached hydrogen (secondary N) is 2. The summed E-state index contributed by atoms with van der Waals surface area (Å²) in [4.78, 5) is 25.1. The van der Waals surface area contributed by atoms with Crippen molar-refractivity contribution in [3.05, 3.63) is 42.2 Å². The summed E-state index contributed by atoms with van der Waals surface area (Å²) >= 11 is 0. The number of aromatic nitrogens is 2. The van der Waals surface area contributed by atoms with Crippen molar-refractivity contribution in [2.24, 2.45) is 0 Å². The summed E-state index contributed by atoms with van der Waals surface area (Å²) < 4.78 is 0. The van der Waals surface area contributed by atoms with Gasteiger partial charge in [0.2, 0.25) is 0 Å². The number of hydrogen-bond acceptors (Lipinski definition) is 6. The second kappa shape index (κ2) is 8.51. The lowest BCUT2D eigenvalue weighted by atomic mass is 10.2. The van der Waals surface area contributed by atoms with Gasteiger partial charge in [-0.05, 0) is 31.0 Å². The monoisotopic (exact) mass is 354 g/mol. The van der Waals surface area contributed by atoms with Crippen molar-refractivity contribution in [2.45, 2.75) is 12.8 Å². The molecular weight excluding hydrogens is 328 g/mol. The molecule has 7 nitrogen and oxygen atoms in total. The molecule has 1 aromatic carbocycles. The maximum absolute atomic E-state index is 12.3. The van der Waals surface area contributed by atoms with Gasteiger partial charge in [-0.15, -0.1) is 0 Å². The molecule has 0 saturated carbocycles. The van der Waals surface area contributed by atoms with Crippen molar-refractivity contribution in [1.29, 1.82) is 0 Å². The summed E-state index contributed by atoms with van der Waals surface area (Å²) in [6.45, 7) is 3.24. The smallest absolute Gasteiger partial charge is 0.251 e. The molecule has 138 valence electrons. The predicted molar refractivity (Wildman–Crippen MR) is 105 cm³/mol. The first-order valence-corrected chi connectivity index (χ1v) is 9.00. The molecular formula is C19H26N6O. The maximum Gasteiger partial charge on any atom is 0.251 e. The first kappa shape index (κ1) is 18.0. The number of carbonyl (C=O) groups excluding carboxylic acids is 1. The van der Waals surface area contributed by atoms with Gasteiger partial charge >= 0.3 is 0 Å². The number of carbonyl (C=O) groups is 1. The van der Waals surface area contributed by atoms with Crippen LogP contribution in [0, 0.1) is 0 Å². The van der Waals surface area contributed by atoms with Gasteiger partial charge < -0.3 is 20.4 Å². The highest BCUT2D eigenvalue weighted by atomic mass is 16.1. The van der Waals surface area contributed by atoms with Gasteiger partial charge in [-0.2, -0.15) is 0 Å². The molecule has 1 amide bonds. The van der Waals surface area contributed by atoms with E-state index in [1.165, 1.54) is 12.8 Å². The van der Waals surface area contributed by atoms with Crippen molar-refractivity contribution in [1.82, 2.24) is 15.3 Å². The number of anilines is 3. The summed E-state index contributed by atoms with van der Waals surface area (Å²) in [7, 11) is 3.91. The third-order valence-corrected chi connectivity index (χ3v) is 4.42. The number of amides is 1. The molecule has 0 unspecified atom stereocenters. The van der Waals surface area contributed by atoms with E-state index in [9.17, 15) is 4.79 Å². The highest BCUT2D eigenvalue weighted by Gasteiger charge is 2.14. The van der Waals surface area contributed by atoms with Crippen molar-refractivity contribution in [3.8, 4) is 0 Å². The molecule has 2 N–H and O–H groups in total. The second-order valence-electron chi connectivity index (χ2n) is 6.58. The molecule has 7 heteroatoms. The van der Waals surface area contributed by atoms with Crippen LogP contribution in [0.25, 0.3) is 0 Å². The van der Waals surface area contributed by atoms with E-state index in [0.717, 1.165) is 30.4 Å². The molecule has 3 rings (SSSR count). The van der Waals surface area contributed by atoms with Crippen LogP contribution in [0.4, 0.5) is 17.3 Å². The van der Waals surface area contributed by atoms with Crippen LogP contribution in [0.15, 0.2) is 36.7 Å². The topological polar surface area (TPSA) is 73.4 Å². The Morgan fingerprint density at radius 2 is 1.96 bits per heavy atom. The Hall–Kier alpha value is -2.83. The van der Waals surface area contributed by atoms with Crippen LogP contribution in [0.1, 0.15) is 23.2 Å². The molecule has 0 bridgehead atoms. The van der Waals surface area contributed by atoms with Crippen molar-refractivity contribution in [2.75, 3.05) is 55.4 Å². The Bertz CT molecular complexity index is 742. The fourth-order valence-electron chi connectivity index (χ4n) is 2.96. The molecule has 0 aliphatic carbocycles. The van der Waals surface area contributed by atoms with Crippen LogP contribution < -0.4 is 20.4 Å². The van der Waals surface area contributed by atoms with Crippen molar-refractivity contribution < 1.29 is 4.79 Å². The number of benzene rings is 1. The third-order valence-electron chi connectivity index (χ3n) is 4.42. The molecule has 0 spiro atoms. The SMILES string of the molecule is CN(C)c1cccc(C(=O)NCCNc2cc(N3CCCC3)ncn2)c1. The maximum atomic E-state index is 12.3. The van der Waals surface area contributed by atoms with E-state index in [2.05, 4.69) is 25.5 Å². The molecule has 1 saturated heterocycles. The van der Waals surface area contributed by atoms with Gasteiger partial charge in [-0.1, -0.05) is 6.07 Å². The number of rotatable bonds is 7. The van der Waals surface area contributed by atoms with Gasteiger partial charge in [0, 0.05) is 57.6 Å². The zero-order chi connectivity index (χ0) is 18.4. The lowest BCUT2D eigenvalue weighted by Gasteiger charge is -2.16. The lowest BCUT2D eigenvalue weighted by molar-refractivity contribution is 0.0955. The quantitative estimate of drug-likeness (QED) is 0.741. The van der Waals surface area contributed by atoms with Crippen LogP contribution in [0.5, 0.6) is 0 Å². The molecule has 1 aromatic heterocycles. The molecule has 1 fully saturated rings. The zero-order valence-corrected chi connectivity index (χ0v) is 15.4. The van der Waals surface area contributed by atoms with Gasteiger partial charge in [0.25, 0.3) is 5.91 Å². The summed E-state index contributed by atoms with van der Waals surface area (Å²) in [5.41, 5.74) is 1.67. The van der Waals surface area contributed by atoms with E-state index in [4.69, 9.17) is 0 Å². The van der Waals surface area contributed by atoms with Crippen LogP contribution in [0.3, 0.4) is 0 Å². The Balaban J connectivity index is 1.47. The summed E-state index contributed by atoms with van der Waals surface area (Å²) in [6.07, 6.45) is 4.02. The molecule has 2 aromatic rings. The third kappa shape index (κ3) is 4.62. The Labute approximate surface area is 154 Å². The Morgan fingerprint density at radius 1 is 1.15 bits per heavy atom. The molecule has 1 aliphatic heterocycles. The van der Waals surface area contributed by atoms with E-state index in [1.54, 1.807) is 6.33 Å². The number of hydrogen-bond donors (Lipinski definition) is 2. The molecule has 0 radical (unpaired) electrons. The van der Waals surface area contributed by atoms with E-state index in [0.29, 0.717) is 18.7 Å². The van der Waals surface area contributed by atoms with E-state index < -0.39 is 0 Å². The normalized spacial score (nSPS) is 13.5. The molecule has 26 heavy (non-hydrogen) atoms. The minimum absolute atomic E-state index is 0.0732. The molecule has 2 heterocycles. The summed E-state index contributed by atoms with van der Waals surface area (Å²) in [5.74, 6) is 1.67. The van der Waals surface area contributed by atoms with Gasteiger partial charge in [0.05, 0.1) is 0 Å². The van der Waals surface area contributed by atoms with E-state index in [1.807, 2.05) is 49.3 Å². The van der Waals surface area contributed by atoms with Crippen LogP contribution in [0.2, 0.25) is 0 Å². The van der Waals surface area contributed by atoms with Gasteiger partial charge in [-0.25, -0.2) is 9.97 Å². The minimum atomic E-state index is -0.0732. The van der Waals surface area contributed by atoms with Crippen molar-refractivity contribution in [3.63, 3.8) is 0 Å². The van der Waals surface area contributed by atoms with Gasteiger partial charge in [0.15, 0.2) is 0 Å². The van der Waals surface area contributed by atoms with Gasteiger partial charge in [-0.3, -0.25) is 4.79 Å². The first-order chi connectivity index (χ1) is 12.6. The lowest BCUT2D eigenvalue weighted by Crippen LogP contribution is -2.29. The highest BCUT2D eigenvalue weighted by molar-refractivity contribution is 5.95. The standard InChI is InChI=1S/C19H26N6O/c1-24(2)16-7-5-6-15(12-16)19(26)21-9-8-20-17-13-18(23-14-22-17)25-10-3-4-11-25/h5-7,12-14H,3-4,8-11H2,1-2H3,(H,21,26)(H,20,22,23). The van der Waals surface area contributed by atoms with E-state index >= 15 is 0 Å². The highest BCUT2D eigenvalue weighted by Crippen LogP contribution is 2.19. The van der Waals surface area contributed by atoms with Crippen molar-refractivity contribution >= 4 is 23.2 Å². The Kier molecular flexibility index (Phi) is 5.88. The molecule has 1 aliphatic rings. The average molecular weight is 354 g/mol. The molecule has 0 atom stereocenters. The Morgan fingerprint density at radius 3 is 2.73 bits per heavy atom. The summed E-state index contributed by atoms with van der Waals surface area (Å²) in [5, 5.41) is 6.18. The second-order valence-corrected chi connectivity index (χ2v) is 6.58. The summed E-state index contributed by atoms with van der Waals surface area (Å²) in [6, 6.07) is 9.54. The fraction of sp³-hybridized carbons (Fsp3) is 0.421. The average Bonchev–Trinajstić information content (AvgIpc) is 3.20. The zero-order valence-electron chi connectivity index (χ0n) is 15.4. The van der Waals surface area contributed by atoms with Gasteiger partial charge in [0.1, 0.15) is 18.0 Å². The minimum Gasteiger partial charge on any atom is -0.378 e. The largest absolute Gasteiger partial charge is 0.378 e. The van der Waals surface area contributed by atoms with E-state index in [-0.39, 0.29) is 5.91 Å². The van der Waals surface area contributed by atoms with Crippen LogP contribution >= 0.6 is 0 Å².